The van der Waals surface area contributed by atoms with E-state index in [0.29, 0.717) is 12.0 Å². The Morgan fingerprint density at radius 3 is 3.00 bits per heavy atom. The van der Waals surface area contributed by atoms with Crippen molar-refractivity contribution in [2.24, 2.45) is 0 Å². The molecule has 0 radical (unpaired) electrons. The molecule has 2 aliphatic rings. The Bertz CT molecular complexity index is 392. The molecule has 4 heteroatoms. The van der Waals surface area contributed by atoms with Crippen LogP contribution in [0, 0.1) is 0 Å². The summed E-state index contributed by atoms with van der Waals surface area (Å²) in [5.74, 6) is 5.33. The van der Waals surface area contributed by atoms with Crippen LogP contribution in [0.2, 0.25) is 0 Å². The number of rotatable bonds is 2. The maximum atomic E-state index is 4.76. The minimum atomic E-state index is 0.604. The molecule has 0 N–H and O–H groups in total. The number of nitrogens with zero attached hydrogens (tertiary/aromatic N) is 3. The van der Waals surface area contributed by atoms with Crippen molar-refractivity contribution in [3.8, 4) is 0 Å². The van der Waals surface area contributed by atoms with Gasteiger partial charge >= 0.3 is 0 Å². The number of hydrogen-bond acceptors (Lipinski definition) is 4. The van der Waals surface area contributed by atoms with E-state index in [1.807, 2.05) is 6.20 Å². The van der Waals surface area contributed by atoms with Gasteiger partial charge in [-0.2, -0.15) is 11.8 Å². The molecule has 1 saturated heterocycles. The Hall–Kier alpha value is -0.770. The molecule has 1 aliphatic heterocycles. The zero-order valence-electron chi connectivity index (χ0n) is 10.3. The van der Waals surface area contributed by atoms with E-state index in [-0.39, 0.29) is 0 Å². The van der Waals surface area contributed by atoms with Gasteiger partial charge in [-0.15, -0.1) is 0 Å². The molecule has 0 spiro atoms. The Morgan fingerprint density at radius 2 is 2.18 bits per heavy atom. The highest BCUT2D eigenvalue weighted by Gasteiger charge is 2.27. The second kappa shape index (κ2) is 4.84. The molecule has 0 bridgehead atoms. The van der Waals surface area contributed by atoms with Crippen LogP contribution in [-0.2, 0) is 0 Å². The second-order valence-corrected chi connectivity index (χ2v) is 6.22. The van der Waals surface area contributed by atoms with E-state index in [9.17, 15) is 0 Å². The summed E-state index contributed by atoms with van der Waals surface area (Å²) in [5.41, 5.74) is 0. The quantitative estimate of drug-likeness (QED) is 0.806. The van der Waals surface area contributed by atoms with Crippen LogP contribution in [0.4, 0.5) is 5.82 Å². The predicted molar refractivity (Wildman–Crippen MR) is 72.8 cm³/mol. The van der Waals surface area contributed by atoms with Crippen molar-refractivity contribution >= 4 is 17.6 Å². The first-order valence-electron chi connectivity index (χ1n) is 6.52. The third kappa shape index (κ3) is 2.57. The molecule has 0 amide bonds. The number of thioether (sulfide) groups is 1. The lowest BCUT2D eigenvalue weighted by atomic mass is 10.2. The van der Waals surface area contributed by atoms with Crippen LogP contribution in [0.15, 0.2) is 12.3 Å². The maximum Gasteiger partial charge on any atom is 0.133 e. The summed E-state index contributed by atoms with van der Waals surface area (Å²) in [4.78, 5) is 11.6. The van der Waals surface area contributed by atoms with Crippen molar-refractivity contribution in [1.29, 1.82) is 0 Å². The van der Waals surface area contributed by atoms with Gasteiger partial charge in [0.1, 0.15) is 11.6 Å². The van der Waals surface area contributed by atoms with Gasteiger partial charge in [0.25, 0.3) is 0 Å². The van der Waals surface area contributed by atoms with Crippen molar-refractivity contribution in [3.63, 3.8) is 0 Å². The fourth-order valence-electron chi connectivity index (χ4n) is 2.30. The fraction of sp³-hybridized carbons (Fsp3) is 0.692. The van der Waals surface area contributed by atoms with Crippen LogP contribution in [-0.4, -0.2) is 34.1 Å². The molecule has 1 aromatic heterocycles. The fourth-order valence-corrected chi connectivity index (χ4v) is 3.34. The summed E-state index contributed by atoms with van der Waals surface area (Å²) in [6.45, 7) is 3.43. The molecule has 1 atom stereocenters. The zero-order valence-corrected chi connectivity index (χ0v) is 11.1. The first kappa shape index (κ1) is 11.3. The van der Waals surface area contributed by atoms with Crippen LogP contribution >= 0.6 is 11.8 Å². The first-order valence-corrected chi connectivity index (χ1v) is 7.67. The standard InChI is InChI=1S/C13H19N3S/c1-10-5-8-17-9-7-16(10)12-4-6-14-13(15-12)11-2-3-11/h4,6,10-11H,2-3,5,7-9H2,1H3. The number of hydrogen-bond donors (Lipinski definition) is 0. The summed E-state index contributed by atoms with van der Waals surface area (Å²) in [7, 11) is 0. The Labute approximate surface area is 107 Å². The van der Waals surface area contributed by atoms with Crippen molar-refractivity contribution < 1.29 is 0 Å². The summed E-state index contributed by atoms with van der Waals surface area (Å²) in [6.07, 6.45) is 5.73. The van der Waals surface area contributed by atoms with Crippen molar-refractivity contribution in [2.75, 3.05) is 23.0 Å². The normalized spacial score (nSPS) is 25.7. The first-order chi connectivity index (χ1) is 8.34. The van der Waals surface area contributed by atoms with Gasteiger partial charge in [-0.3, -0.25) is 0 Å². The molecule has 2 fully saturated rings. The van der Waals surface area contributed by atoms with E-state index in [4.69, 9.17) is 4.98 Å². The molecule has 1 unspecified atom stereocenters. The number of aromatic nitrogens is 2. The van der Waals surface area contributed by atoms with Crippen LogP contribution in [0.25, 0.3) is 0 Å². The van der Waals surface area contributed by atoms with Gasteiger partial charge in [-0.25, -0.2) is 9.97 Å². The molecular formula is C13H19N3S. The lowest BCUT2D eigenvalue weighted by molar-refractivity contribution is 0.635. The molecule has 3 nitrogen and oxygen atoms in total. The van der Waals surface area contributed by atoms with Gasteiger partial charge in [0.2, 0.25) is 0 Å². The highest BCUT2D eigenvalue weighted by Crippen LogP contribution is 2.38. The SMILES string of the molecule is CC1CCSCCN1c1ccnc(C2CC2)n1. The Morgan fingerprint density at radius 1 is 1.29 bits per heavy atom. The maximum absolute atomic E-state index is 4.76. The van der Waals surface area contributed by atoms with Gasteiger partial charge in [0.15, 0.2) is 0 Å². The van der Waals surface area contributed by atoms with E-state index in [2.05, 4.69) is 34.6 Å². The van der Waals surface area contributed by atoms with Gasteiger partial charge in [0, 0.05) is 30.5 Å². The van der Waals surface area contributed by atoms with Crippen molar-refractivity contribution in [2.45, 2.75) is 38.1 Å². The Kier molecular flexibility index (Phi) is 3.23. The van der Waals surface area contributed by atoms with E-state index >= 15 is 0 Å². The third-order valence-electron chi connectivity index (χ3n) is 3.58. The van der Waals surface area contributed by atoms with Gasteiger partial charge < -0.3 is 4.90 Å². The average Bonchev–Trinajstić information content (AvgIpc) is 3.16. The largest absolute Gasteiger partial charge is 0.353 e. The molecule has 0 aromatic carbocycles. The van der Waals surface area contributed by atoms with E-state index in [1.165, 1.54) is 30.8 Å². The lowest BCUT2D eigenvalue weighted by Crippen LogP contribution is -2.34. The highest BCUT2D eigenvalue weighted by atomic mass is 32.2. The van der Waals surface area contributed by atoms with Crippen LogP contribution in [0.3, 0.4) is 0 Å². The highest BCUT2D eigenvalue weighted by molar-refractivity contribution is 7.99. The van der Waals surface area contributed by atoms with Gasteiger partial charge in [0.05, 0.1) is 0 Å². The molecule has 92 valence electrons. The molecule has 1 aromatic rings. The van der Waals surface area contributed by atoms with Crippen LogP contribution < -0.4 is 4.90 Å². The number of anilines is 1. The van der Waals surface area contributed by atoms with Gasteiger partial charge in [-0.1, -0.05) is 0 Å². The van der Waals surface area contributed by atoms with Gasteiger partial charge in [-0.05, 0) is 38.0 Å². The summed E-state index contributed by atoms with van der Waals surface area (Å²) in [6, 6.07) is 2.67. The molecule has 1 aliphatic carbocycles. The van der Waals surface area contributed by atoms with E-state index in [1.54, 1.807) is 0 Å². The van der Waals surface area contributed by atoms with E-state index < -0.39 is 0 Å². The molecule has 3 rings (SSSR count). The summed E-state index contributed by atoms with van der Waals surface area (Å²) >= 11 is 2.06. The second-order valence-electron chi connectivity index (χ2n) is 4.99. The monoisotopic (exact) mass is 249 g/mol. The third-order valence-corrected chi connectivity index (χ3v) is 4.58. The topological polar surface area (TPSA) is 29.0 Å². The minimum absolute atomic E-state index is 0.604. The minimum Gasteiger partial charge on any atom is -0.353 e. The average molecular weight is 249 g/mol. The van der Waals surface area contributed by atoms with Crippen LogP contribution in [0.5, 0.6) is 0 Å². The molecule has 1 saturated carbocycles. The Balaban J connectivity index is 1.83. The zero-order chi connectivity index (χ0) is 11.7. The molecular weight excluding hydrogens is 230 g/mol. The van der Waals surface area contributed by atoms with Crippen molar-refractivity contribution in [1.82, 2.24) is 9.97 Å². The lowest BCUT2D eigenvalue weighted by Gasteiger charge is -2.28. The van der Waals surface area contributed by atoms with Crippen molar-refractivity contribution in [3.05, 3.63) is 18.1 Å². The summed E-state index contributed by atoms with van der Waals surface area (Å²) < 4.78 is 0. The molecule has 2 heterocycles. The van der Waals surface area contributed by atoms with E-state index in [0.717, 1.165) is 18.2 Å². The smallest absolute Gasteiger partial charge is 0.133 e. The molecule has 17 heavy (non-hydrogen) atoms. The predicted octanol–water partition coefficient (Wildman–Crippen LogP) is 2.69. The van der Waals surface area contributed by atoms with Crippen LogP contribution in [0.1, 0.15) is 37.9 Å². The summed E-state index contributed by atoms with van der Waals surface area (Å²) in [5, 5.41) is 0.